The normalized spacial score (nSPS) is 13.4. The molecular weight excluding hydrogens is 602 g/mol. The van der Waals surface area contributed by atoms with Gasteiger partial charge in [0, 0.05) is 53.2 Å². The fourth-order valence-corrected chi connectivity index (χ4v) is 5.56. The van der Waals surface area contributed by atoms with Gasteiger partial charge >= 0.3 is 0 Å². The van der Waals surface area contributed by atoms with Gasteiger partial charge in [-0.05, 0) is 71.4 Å². The number of hydrogen-bond donors (Lipinski definition) is 1. The lowest BCUT2D eigenvalue weighted by atomic mass is 10.1. The van der Waals surface area contributed by atoms with E-state index in [1.54, 1.807) is 0 Å². The second kappa shape index (κ2) is 12.2. The Morgan fingerprint density at radius 3 is 2.34 bits per heavy atom. The number of nitrogens with one attached hydrogen (secondary N) is 1. The van der Waals surface area contributed by atoms with Gasteiger partial charge in [-0.3, -0.25) is 9.59 Å². The molecule has 6 rings (SSSR count). The monoisotopic (exact) mass is 627 g/mol. The fraction of sp³-hybridized carbons (Fsp3) is 0.161. The van der Waals surface area contributed by atoms with Crippen LogP contribution < -0.4 is 10.2 Å². The van der Waals surface area contributed by atoms with Gasteiger partial charge in [0.2, 0.25) is 11.8 Å². The summed E-state index contributed by atoms with van der Waals surface area (Å²) in [6.45, 7) is 2.80. The lowest BCUT2D eigenvalue weighted by Crippen LogP contribution is -2.48. The van der Waals surface area contributed by atoms with E-state index in [0.29, 0.717) is 35.5 Å². The number of halogens is 1. The van der Waals surface area contributed by atoms with E-state index in [1.165, 1.54) is 11.8 Å². The third-order valence-corrected chi connectivity index (χ3v) is 8.25. The van der Waals surface area contributed by atoms with Gasteiger partial charge in [-0.25, -0.2) is 0 Å². The van der Waals surface area contributed by atoms with Crippen LogP contribution in [0.3, 0.4) is 0 Å². The molecule has 2 heterocycles. The van der Waals surface area contributed by atoms with Crippen molar-refractivity contribution in [1.29, 1.82) is 0 Å². The van der Waals surface area contributed by atoms with Crippen LogP contribution >= 0.6 is 27.7 Å². The molecule has 0 atom stereocenters. The maximum atomic E-state index is 12.8. The first kappa shape index (κ1) is 27.0. The molecule has 8 nitrogen and oxygen atoms in total. The summed E-state index contributed by atoms with van der Waals surface area (Å²) in [4.78, 5) is 29.5. The van der Waals surface area contributed by atoms with Crippen LogP contribution in [0.2, 0.25) is 0 Å². The van der Waals surface area contributed by atoms with E-state index in [1.807, 2.05) is 89.8 Å². The van der Waals surface area contributed by atoms with Crippen molar-refractivity contribution in [3.05, 3.63) is 101 Å². The van der Waals surface area contributed by atoms with Crippen LogP contribution in [-0.2, 0) is 4.79 Å². The number of piperazine rings is 1. The van der Waals surface area contributed by atoms with Gasteiger partial charge in [0.15, 0.2) is 0 Å². The number of carbonyl (C=O) groups excluding carboxylic acids is 2. The van der Waals surface area contributed by atoms with Gasteiger partial charge in [-0.2, -0.15) is 0 Å². The molecule has 41 heavy (non-hydrogen) atoms. The Morgan fingerprint density at radius 2 is 1.59 bits per heavy atom. The highest BCUT2D eigenvalue weighted by Gasteiger charge is 2.22. The molecule has 1 N–H and O–H groups in total. The predicted octanol–water partition coefficient (Wildman–Crippen LogP) is 6.35. The molecule has 0 unspecified atom stereocenters. The van der Waals surface area contributed by atoms with Gasteiger partial charge in [-0.15, -0.1) is 10.2 Å². The molecular formula is C31H26BrN5O3S. The van der Waals surface area contributed by atoms with Gasteiger partial charge in [0.1, 0.15) is 0 Å². The zero-order valence-electron chi connectivity index (χ0n) is 22.0. The van der Waals surface area contributed by atoms with Crippen molar-refractivity contribution in [2.24, 2.45) is 0 Å². The Hall–Kier alpha value is -4.15. The molecule has 0 saturated carbocycles. The van der Waals surface area contributed by atoms with Gasteiger partial charge in [0.25, 0.3) is 11.1 Å². The number of benzene rings is 4. The van der Waals surface area contributed by atoms with Crippen LogP contribution in [0.5, 0.6) is 0 Å². The number of anilines is 2. The highest BCUT2D eigenvalue weighted by molar-refractivity contribution is 9.10. The summed E-state index contributed by atoms with van der Waals surface area (Å²) in [5.41, 5.74) is 3.31. The average molecular weight is 629 g/mol. The molecule has 10 heteroatoms. The van der Waals surface area contributed by atoms with Gasteiger partial charge in [0.05, 0.1) is 5.75 Å². The molecule has 5 aromatic rings. The molecule has 1 saturated heterocycles. The summed E-state index contributed by atoms with van der Waals surface area (Å²) < 4.78 is 6.74. The summed E-state index contributed by atoms with van der Waals surface area (Å²) in [6.07, 6.45) is 0. The molecule has 2 amide bonds. The number of fused-ring (bicyclic) bond motifs is 1. The minimum Gasteiger partial charge on any atom is -0.411 e. The number of amides is 2. The molecule has 0 spiro atoms. The van der Waals surface area contributed by atoms with Crippen LogP contribution in [-0.4, -0.2) is 58.8 Å². The molecule has 4 aromatic carbocycles. The summed E-state index contributed by atoms with van der Waals surface area (Å²) in [5.74, 6) is 0.467. The summed E-state index contributed by atoms with van der Waals surface area (Å²) in [7, 11) is 0. The highest BCUT2D eigenvalue weighted by atomic mass is 79.9. The lowest BCUT2D eigenvalue weighted by Gasteiger charge is -2.36. The van der Waals surface area contributed by atoms with E-state index < -0.39 is 0 Å². The molecule has 1 fully saturated rings. The van der Waals surface area contributed by atoms with Crippen molar-refractivity contribution in [1.82, 2.24) is 15.1 Å². The van der Waals surface area contributed by atoms with Crippen LogP contribution in [0.15, 0.2) is 105 Å². The van der Waals surface area contributed by atoms with E-state index in [0.717, 1.165) is 39.6 Å². The molecule has 1 aliphatic rings. The predicted molar refractivity (Wildman–Crippen MR) is 165 cm³/mol. The fourth-order valence-electron chi connectivity index (χ4n) is 4.73. The van der Waals surface area contributed by atoms with Crippen LogP contribution in [0, 0.1) is 0 Å². The molecule has 1 aliphatic heterocycles. The first-order chi connectivity index (χ1) is 20.0. The first-order valence-electron chi connectivity index (χ1n) is 13.2. The maximum absolute atomic E-state index is 12.8. The first-order valence-corrected chi connectivity index (χ1v) is 14.9. The molecule has 0 bridgehead atoms. The minimum absolute atomic E-state index is 0.0542. The largest absolute Gasteiger partial charge is 0.411 e. The Labute approximate surface area is 249 Å². The number of hydrogen-bond acceptors (Lipinski definition) is 7. The third-order valence-electron chi connectivity index (χ3n) is 6.90. The van der Waals surface area contributed by atoms with Crippen molar-refractivity contribution in [2.75, 3.05) is 42.1 Å². The quantitative estimate of drug-likeness (QED) is 0.210. The van der Waals surface area contributed by atoms with Gasteiger partial charge in [-0.1, -0.05) is 58.0 Å². The van der Waals surface area contributed by atoms with Crippen LogP contribution in [0.4, 0.5) is 11.4 Å². The smallest absolute Gasteiger partial charge is 0.277 e. The van der Waals surface area contributed by atoms with Crippen molar-refractivity contribution in [3.63, 3.8) is 0 Å². The summed E-state index contributed by atoms with van der Waals surface area (Å²) in [5, 5.41) is 13.7. The Bertz CT molecular complexity index is 1680. The zero-order chi connectivity index (χ0) is 28.2. The van der Waals surface area contributed by atoms with Crippen molar-refractivity contribution < 1.29 is 14.0 Å². The standard InChI is InChI=1S/C31H26BrN5O3S/c32-25-9-7-22(8-10-25)30(39)37-17-15-36(16-18-37)27-13-11-26(12-14-27)33-28(38)20-41-31-35-34-29(40-31)24-6-5-21-3-1-2-4-23(21)19-24/h1-14,19H,15-18,20H2,(H,33,38). The van der Waals surface area contributed by atoms with E-state index in [2.05, 4.69) is 42.4 Å². The van der Waals surface area contributed by atoms with E-state index in [4.69, 9.17) is 4.42 Å². The Morgan fingerprint density at radius 1 is 0.854 bits per heavy atom. The van der Waals surface area contributed by atoms with Crippen LogP contribution in [0.1, 0.15) is 10.4 Å². The van der Waals surface area contributed by atoms with E-state index in [9.17, 15) is 9.59 Å². The molecule has 0 radical (unpaired) electrons. The average Bonchev–Trinajstić information content (AvgIpc) is 3.50. The third kappa shape index (κ3) is 6.44. The number of carbonyl (C=O) groups is 2. The molecule has 0 aliphatic carbocycles. The lowest BCUT2D eigenvalue weighted by molar-refractivity contribution is -0.113. The van der Waals surface area contributed by atoms with Crippen molar-refractivity contribution >= 4 is 61.7 Å². The summed E-state index contributed by atoms with van der Waals surface area (Å²) >= 11 is 4.61. The Kier molecular flexibility index (Phi) is 8.02. The number of aromatic nitrogens is 2. The summed E-state index contributed by atoms with van der Waals surface area (Å²) in [6, 6.07) is 29.3. The molecule has 1 aromatic heterocycles. The Balaban J connectivity index is 0.979. The maximum Gasteiger partial charge on any atom is 0.277 e. The molecule has 206 valence electrons. The van der Waals surface area contributed by atoms with E-state index in [-0.39, 0.29) is 17.6 Å². The SMILES string of the molecule is O=C(CSc1nnc(-c2ccc3ccccc3c2)o1)Nc1ccc(N2CCN(C(=O)c3ccc(Br)cc3)CC2)cc1. The van der Waals surface area contributed by atoms with Crippen LogP contribution in [0.25, 0.3) is 22.2 Å². The zero-order valence-corrected chi connectivity index (χ0v) is 24.4. The topological polar surface area (TPSA) is 91.6 Å². The van der Waals surface area contributed by atoms with Gasteiger partial charge < -0.3 is 19.5 Å². The highest BCUT2D eigenvalue weighted by Crippen LogP contribution is 2.27. The minimum atomic E-state index is -0.159. The number of nitrogens with zero attached hydrogens (tertiary/aromatic N) is 4. The number of rotatable bonds is 7. The second-order valence-electron chi connectivity index (χ2n) is 9.60. The second-order valence-corrected chi connectivity index (χ2v) is 11.4. The number of thioether (sulfide) groups is 1. The van der Waals surface area contributed by atoms with Crippen molar-refractivity contribution in [2.45, 2.75) is 5.22 Å². The van der Waals surface area contributed by atoms with E-state index >= 15 is 0 Å². The van der Waals surface area contributed by atoms with Crippen molar-refractivity contribution in [3.8, 4) is 11.5 Å².